The van der Waals surface area contributed by atoms with E-state index in [0.29, 0.717) is 16.9 Å². The van der Waals surface area contributed by atoms with Crippen molar-refractivity contribution in [2.45, 2.75) is 26.2 Å². The molecule has 1 saturated heterocycles. The van der Waals surface area contributed by atoms with Gasteiger partial charge in [0, 0.05) is 31.9 Å². The molecule has 4 aromatic rings. The predicted octanol–water partition coefficient (Wildman–Crippen LogP) is 3.32. The van der Waals surface area contributed by atoms with Gasteiger partial charge in [-0.15, -0.1) is 0 Å². The fourth-order valence-electron chi connectivity index (χ4n) is 4.22. The zero-order valence-electron chi connectivity index (χ0n) is 18.7. The predicted molar refractivity (Wildman–Crippen MR) is 124 cm³/mol. The summed E-state index contributed by atoms with van der Waals surface area (Å²) in [7, 11) is 1.80. The number of nitrogens with one attached hydrogen (secondary N) is 1. The number of rotatable bonds is 4. The third-order valence-corrected chi connectivity index (χ3v) is 6.16. The molecule has 2 amide bonds. The second-order valence-corrected chi connectivity index (χ2v) is 8.29. The summed E-state index contributed by atoms with van der Waals surface area (Å²) in [5.41, 5.74) is 3.94. The Kier molecular flexibility index (Phi) is 5.37. The van der Waals surface area contributed by atoms with E-state index in [-0.39, 0.29) is 11.8 Å². The topological polar surface area (TPSA) is 97.4 Å². The Morgan fingerprint density at radius 1 is 1.03 bits per heavy atom. The molecule has 1 aliphatic rings. The molecule has 0 saturated carbocycles. The van der Waals surface area contributed by atoms with Gasteiger partial charge in [0.2, 0.25) is 0 Å². The molecule has 168 valence electrons. The van der Waals surface area contributed by atoms with Crippen LogP contribution in [0.15, 0.2) is 49.1 Å². The maximum absolute atomic E-state index is 13.1. The lowest BCUT2D eigenvalue weighted by molar-refractivity contribution is 0.0726. The first-order valence-electron chi connectivity index (χ1n) is 11.0. The lowest BCUT2D eigenvalue weighted by atomic mass is 10.1. The zero-order valence-corrected chi connectivity index (χ0v) is 18.7. The minimum atomic E-state index is -0.260. The van der Waals surface area contributed by atoms with Gasteiger partial charge in [-0.1, -0.05) is 6.07 Å². The Morgan fingerprint density at radius 3 is 2.61 bits per heavy atom. The number of aryl methyl sites for hydroxylation is 1. The fraction of sp³-hybridized carbons (Fsp3) is 0.292. The molecule has 33 heavy (non-hydrogen) atoms. The summed E-state index contributed by atoms with van der Waals surface area (Å²) in [4.78, 5) is 36.1. The SMILES string of the molecule is Cc1ncc(C(=O)Nc2cncc(-c3cccc4c(C(=O)N5CCCCC5)cnn34)c2)n1C. The van der Waals surface area contributed by atoms with Gasteiger partial charge in [-0.25, -0.2) is 9.50 Å². The number of likely N-dealkylation sites (tertiary alicyclic amines) is 1. The molecule has 1 N–H and O–H groups in total. The van der Waals surface area contributed by atoms with Gasteiger partial charge in [0.1, 0.15) is 11.5 Å². The number of hydrogen-bond donors (Lipinski definition) is 1. The molecule has 0 atom stereocenters. The van der Waals surface area contributed by atoms with Gasteiger partial charge in [0.25, 0.3) is 11.8 Å². The molecule has 5 rings (SSSR count). The summed E-state index contributed by atoms with van der Waals surface area (Å²) in [5.74, 6) is 0.517. The highest BCUT2D eigenvalue weighted by Gasteiger charge is 2.22. The quantitative estimate of drug-likeness (QED) is 0.522. The van der Waals surface area contributed by atoms with Crippen molar-refractivity contribution in [2.75, 3.05) is 18.4 Å². The highest BCUT2D eigenvalue weighted by Crippen LogP contribution is 2.25. The summed E-state index contributed by atoms with van der Waals surface area (Å²) in [5, 5.41) is 7.39. The maximum atomic E-state index is 13.1. The Balaban J connectivity index is 1.45. The summed E-state index contributed by atoms with van der Waals surface area (Å²) < 4.78 is 3.49. The summed E-state index contributed by atoms with van der Waals surface area (Å²) in [6.45, 7) is 3.42. The maximum Gasteiger partial charge on any atom is 0.273 e. The Morgan fingerprint density at radius 2 is 1.85 bits per heavy atom. The van der Waals surface area contributed by atoms with Crippen LogP contribution < -0.4 is 5.32 Å². The van der Waals surface area contributed by atoms with Crippen molar-refractivity contribution in [3.63, 3.8) is 0 Å². The number of hydrogen-bond acceptors (Lipinski definition) is 5. The number of carbonyl (C=O) groups is 2. The molecule has 0 aliphatic carbocycles. The van der Waals surface area contributed by atoms with Crippen LogP contribution in [0.5, 0.6) is 0 Å². The van der Waals surface area contributed by atoms with E-state index in [1.807, 2.05) is 36.1 Å². The zero-order chi connectivity index (χ0) is 22.9. The molecule has 9 heteroatoms. The van der Waals surface area contributed by atoms with Crippen molar-refractivity contribution in [3.8, 4) is 11.3 Å². The number of imidazole rings is 1. The lowest BCUT2D eigenvalue weighted by Crippen LogP contribution is -2.35. The Hall–Kier alpha value is -4.01. The van der Waals surface area contributed by atoms with Crippen molar-refractivity contribution in [1.82, 2.24) is 29.0 Å². The number of amides is 2. The molecule has 9 nitrogen and oxygen atoms in total. The molecule has 0 aromatic carbocycles. The van der Waals surface area contributed by atoms with Crippen LogP contribution in [0.25, 0.3) is 16.8 Å². The van der Waals surface area contributed by atoms with Crippen molar-refractivity contribution >= 4 is 23.0 Å². The molecule has 0 bridgehead atoms. The van der Waals surface area contributed by atoms with Crippen molar-refractivity contribution < 1.29 is 9.59 Å². The van der Waals surface area contributed by atoms with Crippen LogP contribution in [0.4, 0.5) is 5.69 Å². The highest BCUT2D eigenvalue weighted by molar-refractivity contribution is 6.03. The smallest absolute Gasteiger partial charge is 0.273 e. The van der Waals surface area contributed by atoms with Gasteiger partial charge < -0.3 is 14.8 Å². The number of anilines is 1. The van der Waals surface area contributed by atoms with Crippen LogP contribution in [0.2, 0.25) is 0 Å². The molecule has 0 radical (unpaired) electrons. The van der Waals surface area contributed by atoms with E-state index in [4.69, 9.17) is 0 Å². The monoisotopic (exact) mass is 443 g/mol. The number of piperidine rings is 1. The molecule has 4 aromatic heterocycles. The van der Waals surface area contributed by atoms with E-state index in [2.05, 4.69) is 20.4 Å². The van der Waals surface area contributed by atoms with E-state index >= 15 is 0 Å². The van der Waals surface area contributed by atoms with E-state index in [0.717, 1.165) is 48.5 Å². The molecule has 0 unspecified atom stereocenters. The lowest BCUT2D eigenvalue weighted by Gasteiger charge is -2.26. The molecule has 1 aliphatic heterocycles. The first-order valence-corrected chi connectivity index (χ1v) is 11.0. The van der Waals surface area contributed by atoms with Gasteiger partial charge in [-0.05, 0) is 44.4 Å². The van der Waals surface area contributed by atoms with E-state index in [1.165, 1.54) is 6.42 Å². The van der Waals surface area contributed by atoms with Gasteiger partial charge in [0.15, 0.2) is 0 Å². The standard InChI is InChI=1S/C24H25N7O2/c1-16-26-15-22(29(16)2)23(32)28-18-11-17(12-25-13-18)20-7-6-8-21-19(14-27-31(20)21)24(33)30-9-4-3-5-10-30/h6-8,11-15H,3-5,9-10H2,1-2H3,(H,28,32). The summed E-state index contributed by atoms with van der Waals surface area (Å²) in [6.07, 6.45) is 9.75. The summed E-state index contributed by atoms with van der Waals surface area (Å²) in [6, 6.07) is 7.57. The van der Waals surface area contributed by atoms with Crippen LogP contribution in [0.3, 0.4) is 0 Å². The van der Waals surface area contributed by atoms with Crippen LogP contribution >= 0.6 is 0 Å². The van der Waals surface area contributed by atoms with E-state index in [1.54, 1.807) is 40.9 Å². The number of carbonyl (C=O) groups excluding carboxylic acids is 2. The van der Waals surface area contributed by atoms with Gasteiger partial charge in [0.05, 0.1) is 41.1 Å². The molecular weight excluding hydrogens is 418 g/mol. The van der Waals surface area contributed by atoms with Gasteiger partial charge in [-0.2, -0.15) is 5.10 Å². The van der Waals surface area contributed by atoms with E-state index < -0.39 is 0 Å². The minimum absolute atomic E-state index is 0.0208. The molecule has 1 fully saturated rings. The average molecular weight is 444 g/mol. The first kappa shape index (κ1) is 20.9. The number of fused-ring (bicyclic) bond motifs is 1. The molecule has 0 spiro atoms. The van der Waals surface area contributed by atoms with Crippen LogP contribution in [0, 0.1) is 6.92 Å². The van der Waals surface area contributed by atoms with Crippen molar-refractivity contribution in [3.05, 3.63) is 66.1 Å². The van der Waals surface area contributed by atoms with Crippen molar-refractivity contribution in [2.24, 2.45) is 7.05 Å². The van der Waals surface area contributed by atoms with Gasteiger partial charge >= 0.3 is 0 Å². The number of aromatic nitrogens is 5. The third-order valence-electron chi connectivity index (χ3n) is 6.16. The largest absolute Gasteiger partial charge is 0.339 e. The fourth-order valence-corrected chi connectivity index (χ4v) is 4.22. The second-order valence-electron chi connectivity index (χ2n) is 8.29. The Labute approximate surface area is 191 Å². The minimum Gasteiger partial charge on any atom is -0.339 e. The summed E-state index contributed by atoms with van der Waals surface area (Å²) >= 11 is 0. The average Bonchev–Trinajstić information content (AvgIpc) is 3.42. The normalized spacial score (nSPS) is 13.9. The van der Waals surface area contributed by atoms with Crippen LogP contribution in [-0.4, -0.2) is 54.0 Å². The second kappa shape index (κ2) is 8.50. The third kappa shape index (κ3) is 3.86. The Bertz CT molecular complexity index is 1350. The van der Waals surface area contributed by atoms with E-state index in [9.17, 15) is 9.59 Å². The molecule has 5 heterocycles. The number of pyridine rings is 2. The highest BCUT2D eigenvalue weighted by atomic mass is 16.2. The van der Waals surface area contributed by atoms with Gasteiger partial charge in [-0.3, -0.25) is 14.6 Å². The van der Waals surface area contributed by atoms with Crippen LogP contribution in [0.1, 0.15) is 45.9 Å². The van der Waals surface area contributed by atoms with Crippen molar-refractivity contribution in [1.29, 1.82) is 0 Å². The molecular formula is C24H25N7O2. The first-order chi connectivity index (χ1) is 16.0. The number of nitrogens with zero attached hydrogens (tertiary/aromatic N) is 6. The van der Waals surface area contributed by atoms with Crippen LogP contribution in [-0.2, 0) is 7.05 Å².